The quantitative estimate of drug-likeness (QED) is 0.299. The van der Waals surface area contributed by atoms with Crippen LogP contribution in [0.3, 0.4) is 0 Å². The second-order valence-electron chi connectivity index (χ2n) is 6.49. The number of esters is 1. The number of carbonyl (C=O) groups is 1. The molecular formula is C19H20ClFN2O7S. The Morgan fingerprint density at radius 1 is 1.23 bits per heavy atom. The first kappa shape index (κ1) is 24.4. The van der Waals surface area contributed by atoms with E-state index in [-0.39, 0.29) is 17.1 Å². The number of anilines is 2. The Kier molecular flexibility index (Phi) is 8.57. The van der Waals surface area contributed by atoms with Gasteiger partial charge in [-0.05, 0) is 30.7 Å². The number of halogens is 2. The van der Waals surface area contributed by atoms with E-state index in [0.29, 0.717) is 11.3 Å². The number of nitrogens with one attached hydrogen (secondary N) is 1. The van der Waals surface area contributed by atoms with Crippen LogP contribution in [0.2, 0.25) is 5.02 Å². The summed E-state index contributed by atoms with van der Waals surface area (Å²) in [5.74, 6) is -2.32. The van der Waals surface area contributed by atoms with Crippen molar-refractivity contribution in [3.8, 4) is 0 Å². The maximum absolute atomic E-state index is 14.1. The molecule has 0 saturated carbocycles. The maximum atomic E-state index is 14.1. The van der Waals surface area contributed by atoms with Crippen molar-refractivity contribution in [2.75, 3.05) is 30.0 Å². The van der Waals surface area contributed by atoms with Gasteiger partial charge in [-0.25, -0.2) is 12.8 Å². The largest absolute Gasteiger partial charge is 0.464 e. The van der Waals surface area contributed by atoms with Gasteiger partial charge in [0.05, 0.1) is 28.6 Å². The summed E-state index contributed by atoms with van der Waals surface area (Å²) in [6.45, 7) is 0.807. The van der Waals surface area contributed by atoms with Crippen LogP contribution in [0.1, 0.15) is 11.1 Å². The summed E-state index contributed by atoms with van der Waals surface area (Å²) in [7, 11) is -3.69. The molecule has 0 bridgehead atoms. The number of carbonyl (C=O) groups excluding carboxylic acids is 1. The van der Waals surface area contributed by atoms with Crippen LogP contribution in [-0.4, -0.2) is 44.2 Å². The second kappa shape index (κ2) is 10.9. The lowest BCUT2D eigenvalue weighted by molar-refractivity contribution is -0.756. The maximum Gasteiger partial charge on any atom is 0.310 e. The highest BCUT2D eigenvalue weighted by molar-refractivity contribution is 7.91. The molecule has 1 N–H and O–H groups in total. The fourth-order valence-electron chi connectivity index (χ4n) is 2.57. The van der Waals surface area contributed by atoms with Crippen molar-refractivity contribution in [2.24, 2.45) is 0 Å². The Bertz CT molecular complexity index is 1040. The van der Waals surface area contributed by atoms with E-state index in [2.05, 4.69) is 10.2 Å². The lowest BCUT2D eigenvalue weighted by Gasteiger charge is -2.14. The van der Waals surface area contributed by atoms with Gasteiger partial charge in [-0.1, -0.05) is 35.4 Å². The van der Waals surface area contributed by atoms with Crippen molar-refractivity contribution >= 4 is 38.8 Å². The van der Waals surface area contributed by atoms with E-state index in [9.17, 15) is 27.7 Å². The van der Waals surface area contributed by atoms with Gasteiger partial charge < -0.3 is 14.9 Å². The number of aryl methyl sites for hydroxylation is 1. The van der Waals surface area contributed by atoms with Crippen molar-refractivity contribution in [2.45, 2.75) is 13.3 Å². The van der Waals surface area contributed by atoms with Crippen LogP contribution >= 0.6 is 11.6 Å². The zero-order chi connectivity index (χ0) is 23.0. The molecule has 0 aliphatic carbocycles. The molecule has 0 radical (unpaired) electrons. The number of rotatable bonds is 11. The molecule has 9 nitrogen and oxygen atoms in total. The second-order valence-corrected chi connectivity index (χ2v) is 9.20. The van der Waals surface area contributed by atoms with Gasteiger partial charge in [-0.15, -0.1) is 10.1 Å². The molecule has 2 aromatic rings. The summed E-state index contributed by atoms with van der Waals surface area (Å²) < 4.78 is 42.6. The summed E-state index contributed by atoms with van der Waals surface area (Å²) >= 11 is 6.04. The third-order valence-corrected chi connectivity index (χ3v) is 5.96. The van der Waals surface area contributed by atoms with Crippen molar-refractivity contribution in [3.05, 3.63) is 68.5 Å². The number of sulfone groups is 1. The van der Waals surface area contributed by atoms with Crippen LogP contribution in [0.15, 0.2) is 36.4 Å². The average Bonchev–Trinajstić information content (AvgIpc) is 2.65. The van der Waals surface area contributed by atoms with Gasteiger partial charge in [-0.3, -0.25) is 4.79 Å². The predicted molar refractivity (Wildman–Crippen MR) is 112 cm³/mol. The number of benzene rings is 2. The predicted octanol–water partition coefficient (Wildman–Crippen LogP) is 3.24. The van der Waals surface area contributed by atoms with Gasteiger partial charge in [0.25, 0.3) is 5.09 Å². The SMILES string of the molecule is Cc1ccc(Nc2c(F)cccc2Cl)c(CC(=O)OCCS(=O)(=O)CCO[N+](=O)[O-])c1. The molecule has 31 heavy (non-hydrogen) atoms. The van der Waals surface area contributed by atoms with Gasteiger partial charge in [0.2, 0.25) is 0 Å². The van der Waals surface area contributed by atoms with Crippen LogP contribution in [0.4, 0.5) is 15.8 Å². The standard InChI is InChI=1S/C19H20ClFN2O7S/c1-13-5-6-17(22-19-15(20)3-2-4-16(19)21)14(11-13)12-18(24)29-7-9-31(27,28)10-8-30-23(25)26/h2-6,11,22H,7-10,12H2,1H3. The Hall–Kier alpha value is -2.92. The molecule has 0 aliphatic heterocycles. The normalized spacial score (nSPS) is 11.1. The molecule has 0 amide bonds. The van der Waals surface area contributed by atoms with E-state index in [0.717, 1.165) is 5.56 Å². The number of para-hydroxylation sites is 1. The monoisotopic (exact) mass is 474 g/mol. The van der Waals surface area contributed by atoms with E-state index >= 15 is 0 Å². The van der Waals surface area contributed by atoms with Crippen LogP contribution in [0.5, 0.6) is 0 Å². The zero-order valence-electron chi connectivity index (χ0n) is 16.5. The summed E-state index contributed by atoms with van der Waals surface area (Å²) in [5, 5.41) is 12.0. The van der Waals surface area contributed by atoms with E-state index < -0.39 is 51.4 Å². The molecule has 168 valence electrons. The van der Waals surface area contributed by atoms with Crippen molar-refractivity contribution in [3.63, 3.8) is 0 Å². The average molecular weight is 475 g/mol. The fourth-order valence-corrected chi connectivity index (χ4v) is 3.65. The highest BCUT2D eigenvalue weighted by Gasteiger charge is 2.16. The molecule has 2 rings (SSSR count). The number of hydrogen-bond donors (Lipinski definition) is 1. The first-order chi connectivity index (χ1) is 14.6. The number of hydrogen-bond acceptors (Lipinski definition) is 8. The van der Waals surface area contributed by atoms with Crippen LogP contribution in [0, 0.1) is 22.9 Å². The summed E-state index contributed by atoms with van der Waals surface area (Å²) in [4.78, 5) is 26.2. The minimum Gasteiger partial charge on any atom is -0.464 e. The number of nitrogens with zero attached hydrogens (tertiary/aromatic N) is 1. The van der Waals surface area contributed by atoms with Gasteiger partial charge >= 0.3 is 5.97 Å². The summed E-state index contributed by atoms with van der Waals surface area (Å²) in [6.07, 6.45) is -0.194. The van der Waals surface area contributed by atoms with Crippen molar-refractivity contribution < 1.29 is 32.3 Å². The Balaban J connectivity index is 1.98. The van der Waals surface area contributed by atoms with Crippen LogP contribution in [0.25, 0.3) is 0 Å². The molecule has 0 heterocycles. The van der Waals surface area contributed by atoms with Crippen molar-refractivity contribution in [1.82, 2.24) is 0 Å². The third kappa shape index (κ3) is 8.02. The van der Waals surface area contributed by atoms with Gasteiger partial charge in [0.15, 0.2) is 9.84 Å². The third-order valence-electron chi connectivity index (χ3n) is 4.07. The van der Waals surface area contributed by atoms with E-state index in [1.54, 1.807) is 18.2 Å². The minimum absolute atomic E-state index is 0.0608. The molecule has 0 unspecified atom stereocenters. The lowest BCUT2D eigenvalue weighted by Crippen LogP contribution is -2.22. The Morgan fingerprint density at radius 2 is 1.94 bits per heavy atom. The van der Waals surface area contributed by atoms with Crippen LogP contribution < -0.4 is 5.32 Å². The zero-order valence-corrected chi connectivity index (χ0v) is 18.0. The van der Waals surface area contributed by atoms with Crippen molar-refractivity contribution in [1.29, 1.82) is 0 Å². The van der Waals surface area contributed by atoms with E-state index in [1.165, 1.54) is 18.2 Å². The molecule has 0 aliphatic rings. The molecule has 0 spiro atoms. The van der Waals surface area contributed by atoms with E-state index in [4.69, 9.17) is 16.3 Å². The van der Waals surface area contributed by atoms with Gasteiger partial charge in [-0.2, -0.15) is 0 Å². The van der Waals surface area contributed by atoms with E-state index in [1.807, 2.05) is 6.92 Å². The topological polar surface area (TPSA) is 125 Å². The molecule has 12 heteroatoms. The molecule has 2 aromatic carbocycles. The first-order valence-electron chi connectivity index (χ1n) is 9.01. The Morgan fingerprint density at radius 3 is 2.61 bits per heavy atom. The molecular weight excluding hydrogens is 455 g/mol. The molecule has 0 atom stereocenters. The van der Waals surface area contributed by atoms with Crippen LogP contribution in [-0.2, 0) is 30.6 Å². The summed E-state index contributed by atoms with van der Waals surface area (Å²) in [5.41, 5.74) is 1.86. The minimum atomic E-state index is -3.69. The smallest absolute Gasteiger partial charge is 0.310 e. The van der Waals surface area contributed by atoms with Gasteiger partial charge in [0, 0.05) is 5.69 Å². The van der Waals surface area contributed by atoms with Gasteiger partial charge in [0.1, 0.15) is 19.0 Å². The lowest BCUT2D eigenvalue weighted by atomic mass is 10.1. The molecule has 0 fully saturated rings. The summed E-state index contributed by atoms with van der Waals surface area (Å²) in [6, 6.07) is 9.38. The first-order valence-corrected chi connectivity index (χ1v) is 11.2. The number of ether oxygens (including phenoxy) is 1. The molecule has 0 aromatic heterocycles. The highest BCUT2D eigenvalue weighted by atomic mass is 35.5. The highest BCUT2D eigenvalue weighted by Crippen LogP contribution is 2.30. The fraction of sp³-hybridized carbons (Fsp3) is 0.316. The molecule has 0 saturated heterocycles. The Labute approximate surface area is 183 Å².